The minimum absolute atomic E-state index is 0.377. The molecule has 1 aromatic rings. The summed E-state index contributed by atoms with van der Waals surface area (Å²) < 4.78 is 9.06. The van der Waals surface area contributed by atoms with Crippen molar-refractivity contribution < 1.29 is 9.84 Å². The molecule has 1 heterocycles. The van der Waals surface area contributed by atoms with Crippen molar-refractivity contribution in [3.8, 4) is 0 Å². The van der Waals surface area contributed by atoms with Crippen LogP contribution in [0.2, 0.25) is 0 Å². The van der Waals surface area contributed by atoms with Crippen LogP contribution in [0.1, 0.15) is 30.7 Å². The fraction of sp³-hybridized carbons (Fsp3) is 0.727. The maximum atomic E-state index is 9.52. The molecule has 0 aliphatic heterocycles. The van der Waals surface area contributed by atoms with Gasteiger partial charge in [-0.15, -0.1) is 0 Å². The molecule has 6 heteroatoms. The smallest absolute Gasteiger partial charge is 0.142 e. The Labute approximate surface area is 105 Å². The van der Waals surface area contributed by atoms with Gasteiger partial charge in [0.05, 0.1) is 12.7 Å². The van der Waals surface area contributed by atoms with Crippen LogP contribution >= 0.6 is 11.5 Å². The summed E-state index contributed by atoms with van der Waals surface area (Å²) in [5, 5.41) is 13.9. The fourth-order valence-electron chi connectivity index (χ4n) is 1.83. The van der Waals surface area contributed by atoms with E-state index in [1.54, 1.807) is 7.11 Å². The summed E-state index contributed by atoms with van der Waals surface area (Å²) in [5.41, 5.74) is 7.03. The Hall–Kier alpha value is -0.850. The normalized spacial score (nSPS) is 17.1. The molecule has 1 aromatic heterocycles. The van der Waals surface area contributed by atoms with Crippen molar-refractivity contribution in [1.29, 1.82) is 0 Å². The second kappa shape index (κ2) is 5.66. The van der Waals surface area contributed by atoms with Crippen LogP contribution in [0.15, 0.2) is 0 Å². The number of ether oxygens (including phenoxy) is 1. The van der Waals surface area contributed by atoms with Crippen molar-refractivity contribution in [2.75, 3.05) is 31.3 Å². The lowest BCUT2D eigenvalue weighted by atomic mass is 10.2. The Balaban J connectivity index is 1.82. The molecule has 17 heavy (non-hydrogen) atoms. The summed E-state index contributed by atoms with van der Waals surface area (Å²) in [6, 6.07) is 0. The number of aliphatic hydroxyl groups excluding tert-OH is 1. The molecule has 1 saturated carbocycles. The van der Waals surface area contributed by atoms with Gasteiger partial charge in [-0.2, -0.15) is 4.37 Å². The van der Waals surface area contributed by atoms with Crippen LogP contribution < -0.4 is 11.1 Å². The standard InChI is InChI=1S/C11H19N3O2S/c1-16-6-8(15)4-5-13-11-9(7-2-3-7)10(12)14-17-11/h7-8,13,15H,2-6H2,1H3,(H2,12,14). The van der Waals surface area contributed by atoms with E-state index in [4.69, 9.17) is 10.5 Å². The van der Waals surface area contributed by atoms with Gasteiger partial charge in [-0.3, -0.25) is 0 Å². The zero-order valence-corrected chi connectivity index (χ0v) is 10.8. The molecule has 0 aromatic carbocycles. The first-order chi connectivity index (χ1) is 8.22. The Kier molecular flexibility index (Phi) is 4.20. The van der Waals surface area contributed by atoms with Gasteiger partial charge in [0.2, 0.25) is 0 Å². The van der Waals surface area contributed by atoms with Crippen LogP contribution in [0.4, 0.5) is 10.8 Å². The molecule has 1 aliphatic rings. The molecular formula is C11H19N3O2S. The van der Waals surface area contributed by atoms with E-state index in [1.165, 1.54) is 29.9 Å². The van der Waals surface area contributed by atoms with E-state index >= 15 is 0 Å². The monoisotopic (exact) mass is 257 g/mol. The molecule has 0 bridgehead atoms. The molecule has 2 rings (SSSR count). The Morgan fingerprint density at radius 1 is 1.65 bits per heavy atom. The highest BCUT2D eigenvalue weighted by Crippen LogP contribution is 2.47. The zero-order chi connectivity index (χ0) is 12.3. The molecule has 0 spiro atoms. The van der Waals surface area contributed by atoms with Crippen LogP contribution in [0.5, 0.6) is 0 Å². The van der Waals surface area contributed by atoms with E-state index in [0.29, 0.717) is 31.3 Å². The third-order valence-electron chi connectivity index (χ3n) is 2.86. The van der Waals surface area contributed by atoms with Gasteiger partial charge in [0.25, 0.3) is 0 Å². The molecule has 0 radical (unpaired) electrons. The van der Waals surface area contributed by atoms with E-state index in [-0.39, 0.29) is 0 Å². The molecule has 1 fully saturated rings. The van der Waals surface area contributed by atoms with Crippen molar-refractivity contribution >= 4 is 22.4 Å². The molecule has 5 nitrogen and oxygen atoms in total. The average molecular weight is 257 g/mol. The lowest BCUT2D eigenvalue weighted by Gasteiger charge is -2.10. The lowest BCUT2D eigenvalue weighted by Crippen LogP contribution is -2.18. The molecule has 0 amide bonds. The molecule has 1 unspecified atom stereocenters. The molecule has 96 valence electrons. The maximum Gasteiger partial charge on any atom is 0.142 e. The van der Waals surface area contributed by atoms with Crippen LogP contribution in [-0.4, -0.2) is 35.8 Å². The number of methoxy groups -OCH3 is 1. The van der Waals surface area contributed by atoms with Crippen molar-refractivity contribution in [3.05, 3.63) is 5.56 Å². The van der Waals surface area contributed by atoms with Crippen molar-refractivity contribution in [2.45, 2.75) is 31.3 Å². The minimum atomic E-state index is -0.415. The number of nitrogens with one attached hydrogen (secondary N) is 1. The average Bonchev–Trinajstić information content (AvgIpc) is 3.05. The number of nitrogen functional groups attached to an aromatic ring is 1. The van der Waals surface area contributed by atoms with E-state index in [0.717, 1.165) is 5.00 Å². The molecule has 1 atom stereocenters. The third kappa shape index (κ3) is 3.31. The first-order valence-corrected chi connectivity index (χ1v) is 6.65. The van der Waals surface area contributed by atoms with Gasteiger partial charge in [0.1, 0.15) is 10.8 Å². The highest BCUT2D eigenvalue weighted by molar-refractivity contribution is 7.10. The topological polar surface area (TPSA) is 80.4 Å². The Bertz CT molecular complexity index is 366. The predicted molar refractivity (Wildman–Crippen MR) is 69.5 cm³/mol. The summed E-state index contributed by atoms with van der Waals surface area (Å²) in [6.07, 6.45) is 2.67. The SMILES string of the molecule is COCC(O)CCNc1snc(N)c1C1CC1. The van der Waals surface area contributed by atoms with Gasteiger partial charge in [-0.25, -0.2) is 0 Å². The summed E-state index contributed by atoms with van der Waals surface area (Å²) in [5.74, 6) is 1.26. The van der Waals surface area contributed by atoms with Gasteiger partial charge in [0, 0.05) is 19.2 Å². The number of rotatable bonds is 7. The van der Waals surface area contributed by atoms with Gasteiger partial charge in [-0.1, -0.05) is 0 Å². The molecule has 4 N–H and O–H groups in total. The summed E-state index contributed by atoms with van der Waals surface area (Å²) in [6.45, 7) is 1.09. The van der Waals surface area contributed by atoms with Gasteiger partial charge < -0.3 is 20.9 Å². The van der Waals surface area contributed by atoms with Crippen molar-refractivity contribution in [2.24, 2.45) is 0 Å². The van der Waals surface area contributed by atoms with Crippen LogP contribution in [-0.2, 0) is 4.74 Å². The minimum Gasteiger partial charge on any atom is -0.391 e. The van der Waals surface area contributed by atoms with Crippen molar-refractivity contribution in [3.63, 3.8) is 0 Å². The maximum absolute atomic E-state index is 9.52. The van der Waals surface area contributed by atoms with Gasteiger partial charge in [-0.05, 0) is 36.7 Å². The zero-order valence-electron chi connectivity index (χ0n) is 9.98. The highest BCUT2D eigenvalue weighted by Gasteiger charge is 2.30. The van der Waals surface area contributed by atoms with Crippen LogP contribution in [0.25, 0.3) is 0 Å². The highest BCUT2D eigenvalue weighted by atomic mass is 32.1. The van der Waals surface area contributed by atoms with Gasteiger partial charge in [0.15, 0.2) is 0 Å². The number of anilines is 2. The first kappa shape index (κ1) is 12.6. The predicted octanol–water partition coefficient (Wildman–Crippen LogP) is 1.41. The number of hydrogen-bond donors (Lipinski definition) is 3. The number of aromatic nitrogens is 1. The number of hydrogen-bond acceptors (Lipinski definition) is 6. The lowest BCUT2D eigenvalue weighted by molar-refractivity contribution is 0.0615. The van der Waals surface area contributed by atoms with Crippen LogP contribution in [0.3, 0.4) is 0 Å². The summed E-state index contributed by atoms with van der Waals surface area (Å²) in [7, 11) is 1.59. The van der Waals surface area contributed by atoms with E-state index < -0.39 is 6.10 Å². The fourth-order valence-corrected chi connectivity index (χ4v) is 2.66. The Morgan fingerprint density at radius 2 is 2.41 bits per heavy atom. The Morgan fingerprint density at radius 3 is 3.06 bits per heavy atom. The number of nitrogens with two attached hydrogens (primary N) is 1. The summed E-state index contributed by atoms with van der Waals surface area (Å²) in [4.78, 5) is 0. The summed E-state index contributed by atoms with van der Waals surface area (Å²) >= 11 is 1.41. The largest absolute Gasteiger partial charge is 0.391 e. The van der Waals surface area contributed by atoms with E-state index in [9.17, 15) is 5.11 Å². The second-order valence-electron chi connectivity index (χ2n) is 4.41. The number of nitrogens with zero attached hydrogens (tertiary/aromatic N) is 1. The number of aliphatic hydroxyl groups is 1. The van der Waals surface area contributed by atoms with Crippen LogP contribution in [0, 0.1) is 0 Å². The van der Waals surface area contributed by atoms with Crippen molar-refractivity contribution in [1.82, 2.24) is 4.37 Å². The molecular weight excluding hydrogens is 238 g/mol. The van der Waals surface area contributed by atoms with Gasteiger partial charge >= 0.3 is 0 Å². The second-order valence-corrected chi connectivity index (χ2v) is 5.18. The molecule has 0 saturated heterocycles. The van der Waals surface area contributed by atoms with E-state index in [2.05, 4.69) is 9.69 Å². The molecule has 1 aliphatic carbocycles. The quantitative estimate of drug-likeness (QED) is 0.688. The first-order valence-electron chi connectivity index (χ1n) is 5.88. The third-order valence-corrected chi connectivity index (χ3v) is 3.70. The van der Waals surface area contributed by atoms with E-state index in [1.807, 2.05) is 0 Å².